The van der Waals surface area contributed by atoms with Gasteiger partial charge in [0.25, 0.3) is 0 Å². The number of aliphatic hydroxyl groups is 1. The molecule has 2 aromatic rings. The van der Waals surface area contributed by atoms with Crippen molar-refractivity contribution in [3.05, 3.63) is 46.6 Å². The van der Waals surface area contributed by atoms with E-state index in [0.717, 1.165) is 5.56 Å². The summed E-state index contributed by atoms with van der Waals surface area (Å²) in [7, 11) is 0. The van der Waals surface area contributed by atoms with E-state index in [1.165, 1.54) is 11.5 Å². The van der Waals surface area contributed by atoms with Crippen LogP contribution in [-0.4, -0.2) is 22.6 Å². The fraction of sp³-hybridized carbons (Fsp3) is 0.286. The highest BCUT2D eigenvalue weighted by atomic mass is 35.5. The van der Waals surface area contributed by atoms with Gasteiger partial charge in [-0.05, 0) is 23.5 Å². The molecule has 0 amide bonds. The molecule has 0 bridgehead atoms. The first-order valence-electron chi connectivity index (χ1n) is 6.21. The molecule has 0 aliphatic rings. The van der Waals surface area contributed by atoms with Crippen molar-refractivity contribution in [2.45, 2.75) is 12.3 Å². The Hall–Kier alpha value is -1.61. The second kappa shape index (κ2) is 7.25. The van der Waals surface area contributed by atoms with Gasteiger partial charge in [0.05, 0.1) is 0 Å². The maximum Gasteiger partial charge on any atom is 0.162 e. The van der Waals surface area contributed by atoms with Gasteiger partial charge in [-0.3, -0.25) is 0 Å². The molecule has 0 aliphatic heterocycles. The van der Waals surface area contributed by atoms with E-state index in [1.54, 1.807) is 0 Å². The lowest BCUT2D eigenvalue weighted by atomic mass is 9.96. The molecule has 2 rings (SSSR count). The van der Waals surface area contributed by atoms with Gasteiger partial charge in [-0.1, -0.05) is 41.9 Å². The summed E-state index contributed by atoms with van der Waals surface area (Å²) in [5.41, 5.74) is 1.54. The lowest BCUT2D eigenvalue weighted by molar-refractivity contribution is 0.277. The van der Waals surface area contributed by atoms with Gasteiger partial charge in [0.1, 0.15) is 16.6 Å². The van der Waals surface area contributed by atoms with Crippen LogP contribution in [0, 0.1) is 11.3 Å². The molecule has 2 N–H and O–H groups in total. The third-order valence-electron chi connectivity index (χ3n) is 3.02. The summed E-state index contributed by atoms with van der Waals surface area (Å²) in [5.74, 6) is 0.175. The van der Waals surface area contributed by atoms with Crippen molar-refractivity contribution in [2.24, 2.45) is 0 Å². The molecule has 1 unspecified atom stereocenters. The molecule has 1 aromatic carbocycles. The fourth-order valence-electron chi connectivity index (χ4n) is 1.97. The van der Waals surface area contributed by atoms with Crippen LogP contribution < -0.4 is 5.32 Å². The standard InChI is InChI=1S/C14H14ClN3OS/c15-13-12(8-16)14(20-18-13)17-9-11(6-7-19)10-4-2-1-3-5-10/h1-5,11,17,19H,6-7,9H2. The predicted octanol–water partition coefficient (Wildman–Crippen LogP) is 3.25. The van der Waals surface area contributed by atoms with Crippen molar-refractivity contribution >= 4 is 28.1 Å². The number of nitrogens with one attached hydrogen (secondary N) is 1. The Morgan fingerprint density at radius 2 is 2.15 bits per heavy atom. The van der Waals surface area contributed by atoms with Crippen LogP contribution in [0.4, 0.5) is 5.00 Å². The number of nitrogens with zero attached hydrogens (tertiary/aromatic N) is 2. The smallest absolute Gasteiger partial charge is 0.162 e. The number of anilines is 1. The summed E-state index contributed by atoms with van der Waals surface area (Å²) in [4.78, 5) is 0. The predicted molar refractivity (Wildman–Crippen MR) is 81.2 cm³/mol. The first kappa shape index (κ1) is 14.8. The van der Waals surface area contributed by atoms with Crippen LogP contribution in [0.3, 0.4) is 0 Å². The van der Waals surface area contributed by atoms with Crippen LogP contribution in [0.15, 0.2) is 30.3 Å². The zero-order valence-electron chi connectivity index (χ0n) is 10.7. The highest BCUT2D eigenvalue weighted by Gasteiger charge is 2.15. The molecule has 0 saturated carbocycles. The van der Waals surface area contributed by atoms with Crippen molar-refractivity contribution in [3.8, 4) is 6.07 Å². The van der Waals surface area contributed by atoms with E-state index < -0.39 is 0 Å². The van der Waals surface area contributed by atoms with E-state index in [-0.39, 0.29) is 17.7 Å². The third-order valence-corrected chi connectivity index (χ3v) is 4.20. The lowest BCUT2D eigenvalue weighted by Gasteiger charge is -2.17. The number of rotatable bonds is 6. The normalized spacial score (nSPS) is 11.8. The van der Waals surface area contributed by atoms with Crippen molar-refractivity contribution in [3.63, 3.8) is 0 Å². The minimum Gasteiger partial charge on any atom is -0.396 e. The Balaban J connectivity index is 2.08. The van der Waals surface area contributed by atoms with E-state index >= 15 is 0 Å². The molecule has 1 atom stereocenters. The molecular weight excluding hydrogens is 294 g/mol. The Morgan fingerprint density at radius 3 is 2.80 bits per heavy atom. The van der Waals surface area contributed by atoms with Gasteiger partial charge in [0.15, 0.2) is 5.15 Å². The number of benzene rings is 1. The minimum atomic E-state index is 0.121. The van der Waals surface area contributed by atoms with E-state index in [1.807, 2.05) is 36.4 Å². The Bertz CT molecular complexity index is 594. The summed E-state index contributed by atoms with van der Waals surface area (Å²) >= 11 is 7.01. The number of hydrogen-bond donors (Lipinski definition) is 2. The van der Waals surface area contributed by atoms with Crippen LogP contribution >= 0.6 is 23.1 Å². The molecule has 1 aromatic heterocycles. The number of halogens is 1. The monoisotopic (exact) mass is 307 g/mol. The van der Waals surface area contributed by atoms with Gasteiger partial charge in [0, 0.05) is 19.1 Å². The molecule has 0 spiro atoms. The van der Waals surface area contributed by atoms with Crippen LogP contribution in [0.25, 0.3) is 0 Å². The van der Waals surface area contributed by atoms with Gasteiger partial charge in [-0.25, -0.2) is 0 Å². The molecule has 1 heterocycles. The topological polar surface area (TPSA) is 68.9 Å². The first-order chi connectivity index (χ1) is 9.76. The first-order valence-corrected chi connectivity index (χ1v) is 7.36. The molecule has 104 valence electrons. The molecule has 0 radical (unpaired) electrons. The quantitative estimate of drug-likeness (QED) is 0.859. The molecule has 4 nitrogen and oxygen atoms in total. The van der Waals surface area contributed by atoms with Gasteiger partial charge < -0.3 is 10.4 Å². The number of nitriles is 1. The highest BCUT2D eigenvalue weighted by molar-refractivity contribution is 7.10. The second-order valence-electron chi connectivity index (χ2n) is 4.29. The average molecular weight is 308 g/mol. The van der Waals surface area contributed by atoms with E-state index in [9.17, 15) is 5.11 Å². The maximum atomic E-state index is 9.19. The largest absolute Gasteiger partial charge is 0.396 e. The summed E-state index contributed by atoms with van der Waals surface area (Å²) in [6.45, 7) is 0.744. The summed E-state index contributed by atoms with van der Waals surface area (Å²) in [6.07, 6.45) is 0.658. The second-order valence-corrected chi connectivity index (χ2v) is 5.42. The summed E-state index contributed by atoms with van der Waals surface area (Å²) < 4.78 is 3.96. The summed E-state index contributed by atoms with van der Waals surface area (Å²) in [5, 5.41) is 22.3. The molecule has 6 heteroatoms. The maximum absolute atomic E-state index is 9.19. The van der Waals surface area contributed by atoms with E-state index in [4.69, 9.17) is 16.9 Å². The molecule has 20 heavy (non-hydrogen) atoms. The molecular formula is C14H14ClN3OS. The molecule has 0 fully saturated rings. The number of aromatic nitrogens is 1. The lowest BCUT2D eigenvalue weighted by Crippen LogP contribution is -2.14. The van der Waals surface area contributed by atoms with E-state index in [2.05, 4.69) is 9.69 Å². The van der Waals surface area contributed by atoms with Crippen molar-refractivity contribution in [2.75, 3.05) is 18.5 Å². The van der Waals surface area contributed by atoms with Crippen LogP contribution in [-0.2, 0) is 0 Å². The number of hydrogen-bond acceptors (Lipinski definition) is 5. The highest BCUT2D eigenvalue weighted by Crippen LogP contribution is 2.29. The molecule has 0 aliphatic carbocycles. The Morgan fingerprint density at radius 1 is 1.40 bits per heavy atom. The average Bonchev–Trinajstić information content (AvgIpc) is 2.84. The van der Waals surface area contributed by atoms with Gasteiger partial charge in [0.2, 0.25) is 0 Å². The van der Waals surface area contributed by atoms with Crippen molar-refractivity contribution in [1.82, 2.24) is 4.37 Å². The zero-order valence-corrected chi connectivity index (χ0v) is 12.3. The number of aliphatic hydroxyl groups excluding tert-OH is 1. The molecule has 0 saturated heterocycles. The van der Waals surface area contributed by atoms with Gasteiger partial charge in [-0.2, -0.15) is 9.64 Å². The van der Waals surface area contributed by atoms with E-state index in [0.29, 0.717) is 23.5 Å². The Kier molecular flexibility index (Phi) is 5.36. The third kappa shape index (κ3) is 3.48. The Labute approximate surface area is 126 Å². The summed E-state index contributed by atoms with van der Waals surface area (Å²) in [6, 6.07) is 12.0. The van der Waals surface area contributed by atoms with Crippen molar-refractivity contribution in [1.29, 1.82) is 5.26 Å². The van der Waals surface area contributed by atoms with Crippen LogP contribution in [0.5, 0.6) is 0 Å². The van der Waals surface area contributed by atoms with Crippen LogP contribution in [0.1, 0.15) is 23.5 Å². The van der Waals surface area contributed by atoms with Crippen LogP contribution in [0.2, 0.25) is 5.15 Å². The SMILES string of the molecule is N#Cc1c(Cl)nsc1NCC(CCO)c1ccccc1. The zero-order chi connectivity index (χ0) is 14.4. The van der Waals surface area contributed by atoms with Crippen molar-refractivity contribution < 1.29 is 5.11 Å². The fourth-order valence-corrected chi connectivity index (χ4v) is 2.91. The van der Waals surface area contributed by atoms with Gasteiger partial charge >= 0.3 is 0 Å². The van der Waals surface area contributed by atoms with Gasteiger partial charge in [-0.15, -0.1) is 0 Å². The minimum absolute atomic E-state index is 0.121.